The van der Waals surface area contributed by atoms with Gasteiger partial charge in [0.25, 0.3) is 5.56 Å². The van der Waals surface area contributed by atoms with Gasteiger partial charge in [0.1, 0.15) is 0 Å². The summed E-state index contributed by atoms with van der Waals surface area (Å²) in [6, 6.07) is 5.18. The number of aryl methyl sites for hydroxylation is 1. The second-order valence-electron chi connectivity index (χ2n) is 5.88. The lowest BCUT2D eigenvalue weighted by Gasteiger charge is -2.05. The molecule has 0 saturated carbocycles. The molecule has 24 heavy (non-hydrogen) atoms. The number of hydrogen-bond acceptors (Lipinski definition) is 4. The molecule has 6 heteroatoms. The highest BCUT2D eigenvalue weighted by Crippen LogP contribution is 2.16. The quantitative estimate of drug-likeness (QED) is 0.574. The van der Waals surface area contributed by atoms with Gasteiger partial charge in [-0.1, -0.05) is 37.8 Å². The van der Waals surface area contributed by atoms with Crippen LogP contribution < -0.4 is 5.56 Å². The number of hydrogen-bond donors (Lipinski definition) is 0. The highest BCUT2D eigenvalue weighted by atomic mass is 35.5. The van der Waals surface area contributed by atoms with Gasteiger partial charge in [-0.25, -0.2) is 9.97 Å². The zero-order valence-corrected chi connectivity index (χ0v) is 15.2. The van der Waals surface area contributed by atoms with Gasteiger partial charge in [-0.05, 0) is 31.0 Å². The summed E-state index contributed by atoms with van der Waals surface area (Å²) < 4.78 is 1.59. The Morgan fingerprint density at radius 1 is 1.25 bits per heavy atom. The first-order valence-corrected chi connectivity index (χ1v) is 9.51. The largest absolute Gasteiger partial charge is 0.293 e. The number of benzene rings is 1. The van der Waals surface area contributed by atoms with Gasteiger partial charge in [0, 0.05) is 10.4 Å². The Labute approximate surface area is 150 Å². The van der Waals surface area contributed by atoms with E-state index in [-0.39, 0.29) is 5.56 Å². The molecule has 0 aliphatic heterocycles. The number of fused-ring (bicyclic) bond motifs is 1. The number of rotatable bonds is 7. The first-order valence-electron chi connectivity index (χ1n) is 8.25. The van der Waals surface area contributed by atoms with Crippen molar-refractivity contribution in [3.05, 3.63) is 56.0 Å². The summed E-state index contributed by atoms with van der Waals surface area (Å²) in [5, 5.41) is 4.26. The van der Waals surface area contributed by atoms with Crippen LogP contribution in [0.1, 0.15) is 43.3 Å². The van der Waals surface area contributed by atoms with E-state index in [9.17, 15) is 4.79 Å². The molecule has 0 aliphatic rings. The number of nitrogens with zero attached hydrogens (tertiary/aromatic N) is 3. The van der Waals surface area contributed by atoms with Crippen molar-refractivity contribution in [3.8, 4) is 0 Å². The van der Waals surface area contributed by atoms with E-state index in [1.165, 1.54) is 25.7 Å². The number of aromatic nitrogens is 3. The molecule has 0 fully saturated rings. The molecule has 126 valence electrons. The third kappa shape index (κ3) is 4.02. The summed E-state index contributed by atoms with van der Waals surface area (Å²) in [4.78, 5) is 21.6. The third-order valence-corrected chi connectivity index (χ3v) is 5.15. The standard InChI is InChI=1S/C18H20ClN3OS/c1-2-3-4-5-6-17-21-14(11-24-17)10-22-12-20-16-8-7-13(19)9-15(16)18(22)23/h7-9,11-12H,2-6,10H2,1H3. The van der Waals surface area contributed by atoms with Crippen molar-refractivity contribution in [2.24, 2.45) is 0 Å². The minimum Gasteiger partial charge on any atom is -0.293 e. The van der Waals surface area contributed by atoms with Gasteiger partial charge in [-0.15, -0.1) is 11.3 Å². The number of unbranched alkanes of at least 4 members (excludes halogenated alkanes) is 3. The monoisotopic (exact) mass is 361 g/mol. The molecule has 0 bridgehead atoms. The van der Waals surface area contributed by atoms with Crippen molar-refractivity contribution in [3.63, 3.8) is 0 Å². The number of thiazole rings is 1. The summed E-state index contributed by atoms with van der Waals surface area (Å²) >= 11 is 7.66. The van der Waals surface area contributed by atoms with E-state index in [0.29, 0.717) is 22.5 Å². The van der Waals surface area contributed by atoms with Crippen molar-refractivity contribution in [1.29, 1.82) is 0 Å². The maximum atomic E-state index is 12.6. The molecule has 3 rings (SSSR count). The molecule has 0 spiro atoms. The van der Waals surface area contributed by atoms with E-state index in [2.05, 4.69) is 16.9 Å². The van der Waals surface area contributed by atoms with Crippen molar-refractivity contribution >= 4 is 33.8 Å². The van der Waals surface area contributed by atoms with E-state index in [1.807, 2.05) is 5.38 Å². The molecule has 4 nitrogen and oxygen atoms in total. The Kier molecular flexibility index (Phi) is 5.63. The van der Waals surface area contributed by atoms with Gasteiger partial charge >= 0.3 is 0 Å². The third-order valence-electron chi connectivity index (χ3n) is 3.96. The Balaban J connectivity index is 1.74. The predicted molar refractivity (Wildman–Crippen MR) is 100 cm³/mol. The van der Waals surface area contributed by atoms with E-state index >= 15 is 0 Å². The van der Waals surface area contributed by atoms with Crippen LogP contribution in [0.2, 0.25) is 5.02 Å². The average Bonchev–Trinajstić information content (AvgIpc) is 3.02. The normalized spacial score (nSPS) is 11.2. The molecule has 0 atom stereocenters. The maximum absolute atomic E-state index is 12.6. The molecular formula is C18H20ClN3OS. The SMILES string of the molecule is CCCCCCc1nc(Cn2cnc3ccc(Cl)cc3c2=O)cs1. The lowest BCUT2D eigenvalue weighted by atomic mass is 10.2. The Bertz CT molecular complexity index is 887. The highest BCUT2D eigenvalue weighted by Gasteiger charge is 2.08. The molecule has 2 aromatic heterocycles. The fraction of sp³-hybridized carbons (Fsp3) is 0.389. The fourth-order valence-electron chi connectivity index (χ4n) is 2.66. The second-order valence-corrected chi connectivity index (χ2v) is 7.26. The molecule has 3 aromatic rings. The molecular weight excluding hydrogens is 342 g/mol. The van der Waals surface area contributed by atoms with Crippen LogP contribution in [-0.4, -0.2) is 14.5 Å². The van der Waals surface area contributed by atoms with E-state index in [1.54, 1.807) is 40.4 Å². The van der Waals surface area contributed by atoms with Crippen molar-refractivity contribution in [1.82, 2.24) is 14.5 Å². The zero-order valence-electron chi connectivity index (χ0n) is 13.7. The van der Waals surface area contributed by atoms with Gasteiger partial charge in [0.2, 0.25) is 0 Å². The van der Waals surface area contributed by atoms with Crippen molar-refractivity contribution < 1.29 is 0 Å². The topological polar surface area (TPSA) is 47.8 Å². The smallest absolute Gasteiger partial charge is 0.261 e. The van der Waals surface area contributed by atoms with Crippen LogP contribution in [0.3, 0.4) is 0 Å². The first-order chi connectivity index (χ1) is 11.7. The van der Waals surface area contributed by atoms with Crippen LogP contribution in [0.5, 0.6) is 0 Å². The van der Waals surface area contributed by atoms with Gasteiger partial charge in [0.15, 0.2) is 0 Å². The minimum absolute atomic E-state index is 0.0833. The van der Waals surface area contributed by atoms with E-state index < -0.39 is 0 Å². The lowest BCUT2D eigenvalue weighted by Crippen LogP contribution is -2.21. The van der Waals surface area contributed by atoms with Crippen LogP contribution in [0.4, 0.5) is 0 Å². The Morgan fingerprint density at radius 2 is 2.12 bits per heavy atom. The summed E-state index contributed by atoms with van der Waals surface area (Å²) in [6.07, 6.45) is 7.55. The van der Waals surface area contributed by atoms with Gasteiger partial charge < -0.3 is 0 Å². The Hall–Kier alpha value is -1.72. The van der Waals surface area contributed by atoms with Crippen LogP contribution >= 0.6 is 22.9 Å². The van der Waals surface area contributed by atoms with Crippen LogP contribution in [0.25, 0.3) is 10.9 Å². The molecule has 0 aliphatic carbocycles. The molecule has 0 amide bonds. The summed E-state index contributed by atoms with van der Waals surface area (Å²) in [5.41, 5.74) is 1.49. The van der Waals surface area contributed by atoms with Crippen LogP contribution in [0.15, 0.2) is 34.7 Å². The Morgan fingerprint density at radius 3 is 2.96 bits per heavy atom. The number of halogens is 1. The van der Waals surface area contributed by atoms with Gasteiger partial charge in [-0.3, -0.25) is 9.36 Å². The molecule has 2 heterocycles. The maximum Gasteiger partial charge on any atom is 0.261 e. The van der Waals surface area contributed by atoms with E-state index in [0.717, 1.165) is 17.1 Å². The lowest BCUT2D eigenvalue weighted by molar-refractivity contribution is 0.662. The first kappa shape index (κ1) is 17.1. The van der Waals surface area contributed by atoms with Gasteiger partial charge in [0.05, 0.1) is 34.5 Å². The average molecular weight is 362 g/mol. The van der Waals surface area contributed by atoms with Crippen LogP contribution in [0, 0.1) is 0 Å². The zero-order chi connectivity index (χ0) is 16.9. The van der Waals surface area contributed by atoms with E-state index in [4.69, 9.17) is 11.6 Å². The van der Waals surface area contributed by atoms with Crippen molar-refractivity contribution in [2.75, 3.05) is 0 Å². The summed E-state index contributed by atoms with van der Waals surface area (Å²) in [7, 11) is 0. The molecule has 1 aromatic carbocycles. The highest BCUT2D eigenvalue weighted by molar-refractivity contribution is 7.09. The summed E-state index contributed by atoms with van der Waals surface area (Å²) in [5.74, 6) is 0. The molecule has 0 saturated heterocycles. The molecule has 0 N–H and O–H groups in total. The molecule has 0 radical (unpaired) electrons. The van der Waals surface area contributed by atoms with Gasteiger partial charge in [-0.2, -0.15) is 0 Å². The van der Waals surface area contributed by atoms with Crippen LogP contribution in [-0.2, 0) is 13.0 Å². The summed E-state index contributed by atoms with van der Waals surface area (Å²) in [6.45, 7) is 2.66. The minimum atomic E-state index is -0.0833. The predicted octanol–water partition coefficient (Wildman–Crippen LogP) is 4.68. The fourth-order valence-corrected chi connectivity index (χ4v) is 3.66. The molecule has 0 unspecified atom stereocenters. The second kappa shape index (κ2) is 7.90. The van der Waals surface area contributed by atoms with Crippen molar-refractivity contribution in [2.45, 2.75) is 45.6 Å².